The molecule has 0 saturated heterocycles. The van der Waals surface area contributed by atoms with Crippen LogP contribution in [-0.2, 0) is 13.0 Å². The number of pyridine rings is 1. The SMILES string of the molecule is COc1ccccc1-c1ccc(CNC2CCCc3cccnc32)cc1. The molecule has 3 nitrogen and oxygen atoms in total. The summed E-state index contributed by atoms with van der Waals surface area (Å²) in [5, 5.41) is 3.69. The van der Waals surface area contributed by atoms with Gasteiger partial charge in [0.15, 0.2) is 0 Å². The standard InChI is InChI=1S/C23H24N2O/c1-26-22-10-3-2-8-20(22)18-13-11-17(12-14-18)16-25-21-9-4-6-19-7-5-15-24-23(19)21/h2-3,5,7-8,10-15,21,25H,4,6,9,16H2,1H3. The molecule has 0 saturated carbocycles. The summed E-state index contributed by atoms with van der Waals surface area (Å²) in [5.74, 6) is 0.906. The van der Waals surface area contributed by atoms with E-state index in [4.69, 9.17) is 4.74 Å². The highest BCUT2D eigenvalue weighted by Crippen LogP contribution is 2.30. The summed E-state index contributed by atoms with van der Waals surface area (Å²) in [5.41, 5.74) is 6.20. The summed E-state index contributed by atoms with van der Waals surface area (Å²) >= 11 is 0. The Morgan fingerprint density at radius 1 is 1.04 bits per heavy atom. The molecule has 2 aromatic carbocycles. The smallest absolute Gasteiger partial charge is 0.126 e. The van der Waals surface area contributed by atoms with E-state index in [1.54, 1.807) is 7.11 Å². The number of nitrogens with one attached hydrogen (secondary N) is 1. The van der Waals surface area contributed by atoms with Gasteiger partial charge in [-0.05, 0) is 48.1 Å². The van der Waals surface area contributed by atoms with Gasteiger partial charge in [-0.3, -0.25) is 4.98 Å². The number of benzene rings is 2. The van der Waals surface area contributed by atoms with Gasteiger partial charge in [0.1, 0.15) is 5.75 Å². The lowest BCUT2D eigenvalue weighted by molar-refractivity contribution is 0.416. The quantitative estimate of drug-likeness (QED) is 0.713. The molecule has 0 amide bonds. The monoisotopic (exact) mass is 344 g/mol. The molecule has 1 aromatic heterocycles. The van der Waals surface area contributed by atoms with E-state index in [9.17, 15) is 0 Å². The lowest BCUT2D eigenvalue weighted by Crippen LogP contribution is -2.25. The predicted octanol–water partition coefficient (Wildman–Crippen LogP) is 4.92. The van der Waals surface area contributed by atoms with Gasteiger partial charge < -0.3 is 10.1 Å². The topological polar surface area (TPSA) is 34.1 Å². The average Bonchev–Trinajstić information content (AvgIpc) is 2.72. The van der Waals surface area contributed by atoms with Gasteiger partial charge in [0.05, 0.1) is 18.8 Å². The molecule has 1 atom stereocenters. The van der Waals surface area contributed by atoms with Crippen LogP contribution < -0.4 is 10.1 Å². The first kappa shape index (κ1) is 16.8. The Morgan fingerprint density at radius 2 is 1.88 bits per heavy atom. The van der Waals surface area contributed by atoms with Gasteiger partial charge in [0, 0.05) is 18.3 Å². The first-order chi connectivity index (χ1) is 12.8. The molecular formula is C23H24N2O. The van der Waals surface area contributed by atoms with Crippen molar-refractivity contribution in [2.24, 2.45) is 0 Å². The summed E-state index contributed by atoms with van der Waals surface area (Å²) in [4.78, 5) is 4.61. The number of para-hydroxylation sites is 1. The number of ether oxygens (including phenoxy) is 1. The van der Waals surface area contributed by atoms with Crippen LogP contribution >= 0.6 is 0 Å². The molecule has 1 unspecified atom stereocenters. The maximum absolute atomic E-state index is 5.47. The molecule has 0 aliphatic heterocycles. The van der Waals surface area contributed by atoms with Crippen LogP contribution in [0.5, 0.6) is 5.75 Å². The Hall–Kier alpha value is -2.65. The highest BCUT2D eigenvalue weighted by atomic mass is 16.5. The molecule has 0 radical (unpaired) electrons. The van der Waals surface area contributed by atoms with Gasteiger partial charge in [-0.2, -0.15) is 0 Å². The van der Waals surface area contributed by atoms with Crippen molar-refractivity contribution in [2.75, 3.05) is 7.11 Å². The fraction of sp³-hybridized carbons (Fsp3) is 0.261. The zero-order valence-electron chi connectivity index (χ0n) is 15.1. The maximum Gasteiger partial charge on any atom is 0.126 e. The van der Waals surface area contributed by atoms with Crippen LogP contribution in [0, 0.1) is 0 Å². The van der Waals surface area contributed by atoms with E-state index in [1.807, 2.05) is 30.5 Å². The lowest BCUT2D eigenvalue weighted by atomic mass is 9.92. The molecule has 1 aliphatic carbocycles. The number of aryl methyl sites for hydroxylation is 1. The molecule has 132 valence electrons. The number of aromatic nitrogens is 1. The van der Waals surface area contributed by atoms with Gasteiger partial charge in [0.2, 0.25) is 0 Å². The normalized spacial score (nSPS) is 16.1. The fourth-order valence-electron chi connectivity index (χ4n) is 3.73. The van der Waals surface area contributed by atoms with Crippen molar-refractivity contribution in [1.82, 2.24) is 10.3 Å². The van der Waals surface area contributed by atoms with Crippen molar-refractivity contribution in [3.63, 3.8) is 0 Å². The summed E-state index contributed by atoms with van der Waals surface area (Å²) in [6.07, 6.45) is 5.43. The Morgan fingerprint density at radius 3 is 2.73 bits per heavy atom. The molecule has 1 aliphatic rings. The van der Waals surface area contributed by atoms with Crippen molar-refractivity contribution >= 4 is 0 Å². The molecule has 3 aromatic rings. The molecular weight excluding hydrogens is 320 g/mol. The van der Waals surface area contributed by atoms with Crippen LogP contribution in [0.1, 0.15) is 35.7 Å². The number of nitrogens with zero attached hydrogens (tertiary/aromatic N) is 1. The molecule has 26 heavy (non-hydrogen) atoms. The highest BCUT2D eigenvalue weighted by molar-refractivity contribution is 5.70. The minimum Gasteiger partial charge on any atom is -0.496 e. The van der Waals surface area contributed by atoms with Crippen molar-refractivity contribution in [1.29, 1.82) is 0 Å². The van der Waals surface area contributed by atoms with Gasteiger partial charge in [-0.25, -0.2) is 0 Å². The second-order valence-electron chi connectivity index (χ2n) is 6.77. The van der Waals surface area contributed by atoms with E-state index < -0.39 is 0 Å². The van der Waals surface area contributed by atoms with E-state index in [1.165, 1.54) is 28.8 Å². The molecule has 0 spiro atoms. The van der Waals surface area contributed by atoms with Crippen LogP contribution in [0.15, 0.2) is 66.9 Å². The van der Waals surface area contributed by atoms with Gasteiger partial charge in [-0.15, -0.1) is 0 Å². The number of hydrogen-bond acceptors (Lipinski definition) is 3. The highest BCUT2D eigenvalue weighted by Gasteiger charge is 2.20. The van der Waals surface area contributed by atoms with Gasteiger partial charge >= 0.3 is 0 Å². The molecule has 0 bridgehead atoms. The predicted molar refractivity (Wildman–Crippen MR) is 105 cm³/mol. The van der Waals surface area contributed by atoms with Crippen molar-refractivity contribution in [3.8, 4) is 16.9 Å². The van der Waals surface area contributed by atoms with Crippen LogP contribution in [0.2, 0.25) is 0 Å². The number of fused-ring (bicyclic) bond motifs is 1. The largest absolute Gasteiger partial charge is 0.496 e. The first-order valence-electron chi connectivity index (χ1n) is 9.24. The number of hydrogen-bond donors (Lipinski definition) is 1. The molecule has 1 N–H and O–H groups in total. The molecule has 3 heteroatoms. The summed E-state index contributed by atoms with van der Waals surface area (Å²) in [6, 6.07) is 21.5. The number of methoxy groups -OCH3 is 1. The van der Waals surface area contributed by atoms with E-state index in [0.717, 1.165) is 30.7 Å². The van der Waals surface area contributed by atoms with Crippen LogP contribution in [0.4, 0.5) is 0 Å². The van der Waals surface area contributed by atoms with Crippen LogP contribution in [0.3, 0.4) is 0 Å². The Kier molecular flexibility index (Phi) is 4.98. The van der Waals surface area contributed by atoms with Crippen LogP contribution in [0.25, 0.3) is 11.1 Å². The molecule has 1 heterocycles. The van der Waals surface area contributed by atoms with Gasteiger partial charge in [-0.1, -0.05) is 48.5 Å². The zero-order chi connectivity index (χ0) is 17.8. The lowest BCUT2D eigenvalue weighted by Gasteiger charge is -2.25. The Bertz CT molecular complexity index is 873. The zero-order valence-corrected chi connectivity index (χ0v) is 15.1. The number of rotatable bonds is 5. The Balaban J connectivity index is 1.46. The van der Waals surface area contributed by atoms with Crippen molar-refractivity contribution in [2.45, 2.75) is 31.8 Å². The van der Waals surface area contributed by atoms with E-state index >= 15 is 0 Å². The fourth-order valence-corrected chi connectivity index (χ4v) is 3.73. The van der Waals surface area contributed by atoms with Crippen molar-refractivity contribution < 1.29 is 4.74 Å². The molecule has 0 fully saturated rings. The third kappa shape index (κ3) is 3.49. The molecule has 4 rings (SSSR count). The second-order valence-corrected chi connectivity index (χ2v) is 6.77. The summed E-state index contributed by atoms with van der Waals surface area (Å²) in [6.45, 7) is 0.854. The first-order valence-corrected chi connectivity index (χ1v) is 9.24. The summed E-state index contributed by atoms with van der Waals surface area (Å²) in [7, 11) is 1.72. The van der Waals surface area contributed by atoms with E-state index in [-0.39, 0.29) is 0 Å². The van der Waals surface area contributed by atoms with Gasteiger partial charge in [0.25, 0.3) is 0 Å². The average molecular weight is 344 g/mol. The minimum absolute atomic E-state index is 0.355. The third-order valence-corrected chi connectivity index (χ3v) is 5.12. The Labute approximate surface area is 155 Å². The van der Waals surface area contributed by atoms with Crippen LogP contribution in [-0.4, -0.2) is 12.1 Å². The maximum atomic E-state index is 5.47. The minimum atomic E-state index is 0.355. The second kappa shape index (κ2) is 7.71. The van der Waals surface area contributed by atoms with Crippen molar-refractivity contribution in [3.05, 3.63) is 83.7 Å². The van der Waals surface area contributed by atoms with E-state index in [0.29, 0.717) is 6.04 Å². The summed E-state index contributed by atoms with van der Waals surface area (Å²) < 4.78 is 5.47. The van der Waals surface area contributed by atoms with E-state index in [2.05, 4.69) is 46.7 Å². The third-order valence-electron chi connectivity index (χ3n) is 5.12.